The third-order valence-corrected chi connectivity index (χ3v) is 3.26. The standard InChI is InChI=1S/C16H26FN3O/c1-11(2)5-4-6-12(3)20-16(18)19-10-13-7-8-15(21)14(17)9-13/h7-9,11-12,21H,4-6,10H2,1-3H3,(H3,18,19,20). The summed E-state index contributed by atoms with van der Waals surface area (Å²) in [4.78, 5) is 4.18. The lowest BCUT2D eigenvalue weighted by molar-refractivity contribution is 0.432. The summed E-state index contributed by atoms with van der Waals surface area (Å²) in [5, 5.41) is 12.2. The second-order valence-electron chi connectivity index (χ2n) is 5.86. The molecular weight excluding hydrogens is 269 g/mol. The van der Waals surface area contributed by atoms with E-state index in [1.807, 2.05) is 0 Å². The van der Waals surface area contributed by atoms with E-state index in [1.165, 1.54) is 18.6 Å². The summed E-state index contributed by atoms with van der Waals surface area (Å²) in [5.41, 5.74) is 6.49. The first-order chi connectivity index (χ1) is 9.88. The summed E-state index contributed by atoms with van der Waals surface area (Å²) < 4.78 is 13.2. The normalized spacial score (nSPS) is 13.5. The number of aliphatic imine (C=N–C) groups is 1. The van der Waals surface area contributed by atoms with Crippen LogP contribution in [-0.2, 0) is 6.54 Å². The molecule has 0 fully saturated rings. The van der Waals surface area contributed by atoms with E-state index >= 15 is 0 Å². The molecule has 0 spiro atoms. The van der Waals surface area contributed by atoms with Crippen LogP contribution < -0.4 is 11.1 Å². The molecule has 1 unspecified atom stereocenters. The Morgan fingerprint density at radius 1 is 1.33 bits per heavy atom. The fraction of sp³-hybridized carbons (Fsp3) is 0.562. The number of nitrogens with zero attached hydrogens (tertiary/aromatic N) is 1. The maximum atomic E-state index is 13.2. The van der Waals surface area contributed by atoms with Gasteiger partial charge in [0.15, 0.2) is 17.5 Å². The van der Waals surface area contributed by atoms with E-state index in [2.05, 4.69) is 31.1 Å². The van der Waals surface area contributed by atoms with E-state index in [-0.39, 0.29) is 18.3 Å². The molecule has 1 atom stereocenters. The first-order valence-electron chi connectivity index (χ1n) is 7.42. The molecule has 0 heterocycles. The van der Waals surface area contributed by atoms with Gasteiger partial charge in [0.1, 0.15) is 0 Å². The van der Waals surface area contributed by atoms with E-state index in [0.717, 1.165) is 12.8 Å². The van der Waals surface area contributed by atoms with E-state index in [9.17, 15) is 4.39 Å². The number of halogens is 1. The Labute approximate surface area is 126 Å². The molecule has 0 saturated carbocycles. The number of rotatable bonds is 7. The van der Waals surface area contributed by atoms with E-state index in [4.69, 9.17) is 10.8 Å². The second-order valence-corrected chi connectivity index (χ2v) is 5.86. The van der Waals surface area contributed by atoms with Crippen molar-refractivity contribution in [1.82, 2.24) is 5.32 Å². The van der Waals surface area contributed by atoms with Crippen molar-refractivity contribution in [2.24, 2.45) is 16.6 Å². The van der Waals surface area contributed by atoms with Crippen LogP contribution in [0.4, 0.5) is 4.39 Å². The molecule has 0 bridgehead atoms. The zero-order chi connectivity index (χ0) is 15.8. The van der Waals surface area contributed by atoms with Gasteiger partial charge in [0, 0.05) is 6.04 Å². The Morgan fingerprint density at radius 3 is 2.67 bits per heavy atom. The van der Waals surface area contributed by atoms with Crippen LogP contribution in [0, 0.1) is 11.7 Å². The van der Waals surface area contributed by atoms with Crippen molar-refractivity contribution in [1.29, 1.82) is 0 Å². The SMILES string of the molecule is CC(C)CCCC(C)NC(N)=NCc1ccc(O)c(F)c1. The molecular formula is C16H26FN3O. The molecule has 0 aliphatic rings. The van der Waals surface area contributed by atoms with Crippen LogP contribution in [0.1, 0.15) is 45.6 Å². The van der Waals surface area contributed by atoms with Crippen LogP contribution in [0.25, 0.3) is 0 Å². The summed E-state index contributed by atoms with van der Waals surface area (Å²) >= 11 is 0. The molecule has 21 heavy (non-hydrogen) atoms. The fourth-order valence-electron chi connectivity index (χ4n) is 2.03. The van der Waals surface area contributed by atoms with Crippen molar-refractivity contribution in [3.8, 4) is 5.75 Å². The predicted molar refractivity (Wildman–Crippen MR) is 84.7 cm³/mol. The highest BCUT2D eigenvalue weighted by Gasteiger charge is 2.04. The van der Waals surface area contributed by atoms with E-state index in [1.54, 1.807) is 6.07 Å². The smallest absolute Gasteiger partial charge is 0.189 e. The maximum absolute atomic E-state index is 13.2. The highest BCUT2D eigenvalue weighted by Crippen LogP contribution is 2.16. The van der Waals surface area contributed by atoms with Crippen LogP contribution in [0.3, 0.4) is 0 Å². The lowest BCUT2D eigenvalue weighted by Crippen LogP contribution is -2.38. The van der Waals surface area contributed by atoms with Gasteiger partial charge in [-0.3, -0.25) is 0 Å². The number of aromatic hydroxyl groups is 1. The van der Waals surface area contributed by atoms with Gasteiger partial charge in [-0.05, 0) is 37.0 Å². The number of hydrogen-bond acceptors (Lipinski definition) is 2. The van der Waals surface area contributed by atoms with Crippen molar-refractivity contribution < 1.29 is 9.50 Å². The molecule has 118 valence electrons. The van der Waals surface area contributed by atoms with Gasteiger partial charge in [-0.2, -0.15) is 0 Å². The molecule has 1 aromatic carbocycles. The Bertz CT molecular complexity index is 475. The molecule has 4 N–H and O–H groups in total. The van der Waals surface area contributed by atoms with Crippen LogP contribution in [-0.4, -0.2) is 17.1 Å². The lowest BCUT2D eigenvalue weighted by Gasteiger charge is -2.15. The molecule has 0 saturated heterocycles. The van der Waals surface area contributed by atoms with Crippen molar-refractivity contribution in [3.63, 3.8) is 0 Å². The molecule has 4 nitrogen and oxygen atoms in total. The maximum Gasteiger partial charge on any atom is 0.189 e. The highest BCUT2D eigenvalue weighted by molar-refractivity contribution is 5.78. The summed E-state index contributed by atoms with van der Waals surface area (Å²) in [7, 11) is 0. The molecule has 0 radical (unpaired) electrons. The average molecular weight is 295 g/mol. The summed E-state index contributed by atoms with van der Waals surface area (Å²) in [6.07, 6.45) is 3.40. The number of hydrogen-bond donors (Lipinski definition) is 3. The molecule has 0 aromatic heterocycles. The molecule has 0 amide bonds. The third kappa shape index (κ3) is 6.97. The number of nitrogens with one attached hydrogen (secondary N) is 1. The Balaban J connectivity index is 2.40. The molecule has 5 heteroatoms. The Kier molecular flexibility index (Phi) is 6.99. The highest BCUT2D eigenvalue weighted by atomic mass is 19.1. The zero-order valence-electron chi connectivity index (χ0n) is 13.1. The van der Waals surface area contributed by atoms with Gasteiger partial charge in [-0.25, -0.2) is 9.38 Å². The largest absolute Gasteiger partial charge is 0.505 e. The topological polar surface area (TPSA) is 70.6 Å². The number of phenolic OH excluding ortho intramolecular Hbond substituents is 1. The van der Waals surface area contributed by atoms with Crippen molar-refractivity contribution in [2.75, 3.05) is 0 Å². The van der Waals surface area contributed by atoms with Gasteiger partial charge in [0.05, 0.1) is 6.54 Å². The van der Waals surface area contributed by atoms with Gasteiger partial charge < -0.3 is 16.2 Å². The van der Waals surface area contributed by atoms with Gasteiger partial charge in [0.25, 0.3) is 0 Å². The predicted octanol–water partition coefficient (Wildman–Crippen LogP) is 3.15. The number of nitrogens with two attached hydrogens (primary N) is 1. The first kappa shape index (κ1) is 17.3. The molecule has 1 aromatic rings. The lowest BCUT2D eigenvalue weighted by atomic mass is 10.0. The van der Waals surface area contributed by atoms with E-state index < -0.39 is 5.82 Å². The molecule has 1 rings (SSSR count). The minimum absolute atomic E-state index is 0.268. The molecule has 0 aliphatic carbocycles. The van der Waals surface area contributed by atoms with Crippen LogP contribution >= 0.6 is 0 Å². The van der Waals surface area contributed by atoms with Crippen molar-refractivity contribution in [2.45, 2.75) is 52.6 Å². The Morgan fingerprint density at radius 2 is 2.05 bits per heavy atom. The summed E-state index contributed by atoms with van der Waals surface area (Å²) in [6.45, 7) is 6.78. The summed E-state index contributed by atoms with van der Waals surface area (Å²) in [5.74, 6) is 0.0806. The monoisotopic (exact) mass is 295 g/mol. The van der Waals surface area contributed by atoms with Gasteiger partial charge in [0.2, 0.25) is 0 Å². The van der Waals surface area contributed by atoms with Gasteiger partial charge in [-0.1, -0.05) is 32.8 Å². The van der Waals surface area contributed by atoms with Crippen LogP contribution in [0.2, 0.25) is 0 Å². The van der Waals surface area contributed by atoms with Crippen molar-refractivity contribution in [3.05, 3.63) is 29.6 Å². The third-order valence-electron chi connectivity index (χ3n) is 3.26. The first-order valence-corrected chi connectivity index (χ1v) is 7.42. The van der Waals surface area contributed by atoms with Gasteiger partial charge >= 0.3 is 0 Å². The molecule has 0 aliphatic heterocycles. The fourth-order valence-corrected chi connectivity index (χ4v) is 2.03. The minimum atomic E-state index is -0.642. The zero-order valence-corrected chi connectivity index (χ0v) is 13.1. The average Bonchev–Trinajstić information content (AvgIpc) is 2.39. The van der Waals surface area contributed by atoms with E-state index in [0.29, 0.717) is 17.4 Å². The minimum Gasteiger partial charge on any atom is -0.505 e. The number of guanidine groups is 1. The number of benzene rings is 1. The Hall–Kier alpha value is -1.78. The van der Waals surface area contributed by atoms with Gasteiger partial charge in [-0.15, -0.1) is 0 Å². The summed E-state index contributed by atoms with van der Waals surface area (Å²) in [6, 6.07) is 4.47. The van der Waals surface area contributed by atoms with Crippen LogP contribution in [0.15, 0.2) is 23.2 Å². The number of phenols is 1. The van der Waals surface area contributed by atoms with Crippen LogP contribution in [0.5, 0.6) is 5.75 Å². The second kappa shape index (κ2) is 8.49. The quantitative estimate of drug-likeness (QED) is 0.534. The van der Waals surface area contributed by atoms with Crippen molar-refractivity contribution >= 4 is 5.96 Å².